The normalized spacial score (nSPS) is 13.6. The van der Waals surface area contributed by atoms with Crippen LogP contribution in [0.3, 0.4) is 0 Å². The van der Waals surface area contributed by atoms with Gasteiger partial charge in [-0.3, -0.25) is 18.5 Å². The van der Waals surface area contributed by atoms with Gasteiger partial charge in [0.2, 0.25) is 5.95 Å². The average Bonchev–Trinajstić information content (AvgIpc) is 3.22. The quantitative estimate of drug-likeness (QED) is 0.502. The molecule has 0 aliphatic carbocycles. The number of hydrazone groups is 1. The van der Waals surface area contributed by atoms with Crippen LogP contribution in [-0.4, -0.2) is 30.9 Å². The van der Waals surface area contributed by atoms with Gasteiger partial charge in [0.25, 0.3) is 5.56 Å². The monoisotopic (exact) mass is 426 g/mol. The van der Waals surface area contributed by atoms with Crippen molar-refractivity contribution < 1.29 is 0 Å². The largest absolute Gasteiger partial charge is 0.332 e. The molecule has 8 heteroatoms. The molecule has 1 aliphatic heterocycles. The fraction of sp³-hybridized carbons (Fsp3) is 0.167. The number of aromatic nitrogens is 4. The molecule has 0 saturated carbocycles. The zero-order valence-electron chi connectivity index (χ0n) is 17.8. The van der Waals surface area contributed by atoms with Gasteiger partial charge in [-0.1, -0.05) is 72.8 Å². The second-order valence-electron chi connectivity index (χ2n) is 7.68. The maximum Gasteiger partial charge on any atom is 0.332 e. The van der Waals surface area contributed by atoms with E-state index in [2.05, 4.69) is 4.98 Å². The van der Waals surface area contributed by atoms with Crippen LogP contribution in [0.2, 0.25) is 0 Å². The highest BCUT2D eigenvalue weighted by Gasteiger charge is 2.27. The molecule has 0 unspecified atom stereocenters. The van der Waals surface area contributed by atoms with Crippen LogP contribution < -0.4 is 16.3 Å². The minimum Gasteiger partial charge on any atom is -0.297 e. The van der Waals surface area contributed by atoms with Crippen LogP contribution in [0.4, 0.5) is 5.95 Å². The molecule has 5 rings (SSSR count). The number of anilines is 1. The lowest BCUT2D eigenvalue weighted by molar-refractivity contribution is 0.702. The highest BCUT2D eigenvalue weighted by Crippen LogP contribution is 2.25. The molecule has 3 heterocycles. The van der Waals surface area contributed by atoms with E-state index in [1.165, 1.54) is 11.6 Å². The third-order valence-corrected chi connectivity index (χ3v) is 5.60. The second kappa shape index (κ2) is 7.81. The van der Waals surface area contributed by atoms with Crippen molar-refractivity contribution in [2.45, 2.75) is 6.54 Å². The molecule has 160 valence electrons. The lowest BCUT2D eigenvalue weighted by Gasteiger charge is -2.25. The van der Waals surface area contributed by atoms with E-state index >= 15 is 0 Å². The number of imidazole rings is 1. The van der Waals surface area contributed by atoms with E-state index in [1.54, 1.807) is 12.1 Å². The smallest absolute Gasteiger partial charge is 0.297 e. The van der Waals surface area contributed by atoms with Crippen LogP contribution in [0, 0.1) is 0 Å². The van der Waals surface area contributed by atoms with Gasteiger partial charge in [-0.2, -0.15) is 10.1 Å². The lowest BCUT2D eigenvalue weighted by atomic mass is 10.1. The molecule has 4 aromatic rings. The number of hydrogen-bond acceptors (Lipinski definition) is 5. The fourth-order valence-electron chi connectivity index (χ4n) is 3.91. The molecule has 2 aromatic carbocycles. The van der Waals surface area contributed by atoms with Gasteiger partial charge in [0, 0.05) is 14.1 Å². The molecular formula is C24H22N6O2. The van der Waals surface area contributed by atoms with Crippen molar-refractivity contribution in [1.82, 2.24) is 18.7 Å². The Morgan fingerprint density at radius 2 is 1.62 bits per heavy atom. The maximum atomic E-state index is 13.0. The third kappa shape index (κ3) is 3.26. The molecule has 0 bridgehead atoms. The van der Waals surface area contributed by atoms with Crippen molar-refractivity contribution in [2.24, 2.45) is 19.2 Å². The Balaban J connectivity index is 1.64. The molecule has 0 fully saturated rings. The van der Waals surface area contributed by atoms with Crippen LogP contribution in [0.25, 0.3) is 17.2 Å². The van der Waals surface area contributed by atoms with Crippen molar-refractivity contribution in [2.75, 3.05) is 11.6 Å². The van der Waals surface area contributed by atoms with Gasteiger partial charge in [0.05, 0.1) is 18.8 Å². The van der Waals surface area contributed by atoms with Gasteiger partial charge in [0.15, 0.2) is 11.2 Å². The number of fused-ring (bicyclic) bond motifs is 3. The zero-order valence-corrected chi connectivity index (χ0v) is 17.8. The van der Waals surface area contributed by atoms with Gasteiger partial charge < -0.3 is 0 Å². The second-order valence-corrected chi connectivity index (χ2v) is 7.68. The summed E-state index contributed by atoms with van der Waals surface area (Å²) in [6.45, 7) is 0.852. The molecule has 0 atom stereocenters. The molecule has 32 heavy (non-hydrogen) atoms. The third-order valence-electron chi connectivity index (χ3n) is 5.60. The molecule has 0 spiro atoms. The summed E-state index contributed by atoms with van der Waals surface area (Å²) >= 11 is 0. The van der Waals surface area contributed by atoms with E-state index in [9.17, 15) is 9.59 Å². The van der Waals surface area contributed by atoms with Crippen molar-refractivity contribution in [3.8, 4) is 0 Å². The van der Waals surface area contributed by atoms with E-state index in [4.69, 9.17) is 5.10 Å². The van der Waals surface area contributed by atoms with Gasteiger partial charge in [-0.15, -0.1) is 0 Å². The standard InChI is InChI=1S/C24H22N6O2/c1-27-21-20(22(31)28(2)24(27)32)29-16-19(18-13-7-4-8-14-18)26-30(23(29)25-21)15-9-12-17-10-5-3-6-11-17/h3-14H,15-16H2,1-2H3/b12-9+. The predicted octanol–water partition coefficient (Wildman–Crippen LogP) is 2.37. The highest BCUT2D eigenvalue weighted by molar-refractivity contribution is 6.02. The maximum absolute atomic E-state index is 13.0. The van der Waals surface area contributed by atoms with Crippen LogP contribution >= 0.6 is 0 Å². The summed E-state index contributed by atoms with van der Waals surface area (Å²) < 4.78 is 4.37. The number of nitrogens with zero attached hydrogens (tertiary/aromatic N) is 6. The Morgan fingerprint density at radius 1 is 0.938 bits per heavy atom. The molecule has 0 saturated heterocycles. The van der Waals surface area contributed by atoms with Crippen molar-refractivity contribution >= 4 is 28.9 Å². The minimum atomic E-state index is -0.405. The topological polar surface area (TPSA) is 77.4 Å². The summed E-state index contributed by atoms with van der Waals surface area (Å²) in [6, 6.07) is 19.9. The lowest BCUT2D eigenvalue weighted by Crippen LogP contribution is -2.38. The summed E-state index contributed by atoms with van der Waals surface area (Å²) in [5.41, 5.74) is 2.86. The van der Waals surface area contributed by atoms with Crippen molar-refractivity contribution in [3.05, 3.63) is 98.7 Å². The van der Waals surface area contributed by atoms with E-state index < -0.39 is 5.69 Å². The zero-order chi connectivity index (χ0) is 22.2. The summed E-state index contributed by atoms with van der Waals surface area (Å²) in [7, 11) is 3.11. The summed E-state index contributed by atoms with van der Waals surface area (Å²) in [4.78, 5) is 30.1. The van der Waals surface area contributed by atoms with E-state index in [-0.39, 0.29) is 5.56 Å². The van der Waals surface area contributed by atoms with E-state index in [1.807, 2.05) is 77.4 Å². The van der Waals surface area contributed by atoms with E-state index in [0.717, 1.165) is 21.4 Å². The average molecular weight is 426 g/mol. The molecule has 0 N–H and O–H groups in total. The highest BCUT2D eigenvalue weighted by atomic mass is 16.2. The number of hydrogen-bond donors (Lipinski definition) is 0. The SMILES string of the molecule is Cn1c(=O)c2c(nc3n2CC(c2ccccc2)=NN3C/C=C/c2ccccc2)n(C)c1=O. The van der Waals surface area contributed by atoms with Crippen LogP contribution in [0.5, 0.6) is 0 Å². The summed E-state index contributed by atoms with van der Waals surface area (Å²) in [5, 5.41) is 6.62. The molecule has 2 aromatic heterocycles. The van der Waals surface area contributed by atoms with Gasteiger partial charge >= 0.3 is 5.69 Å². The summed E-state index contributed by atoms with van der Waals surface area (Å²) in [6.07, 6.45) is 4.03. The van der Waals surface area contributed by atoms with Crippen LogP contribution in [-0.2, 0) is 20.6 Å². The van der Waals surface area contributed by atoms with Crippen molar-refractivity contribution in [1.29, 1.82) is 0 Å². The Bertz CT molecular complexity index is 1480. The first kappa shape index (κ1) is 19.7. The molecule has 1 aliphatic rings. The Hall–Kier alpha value is -4.20. The number of aryl methyl sites for hydroxylation is 1. The molecule has 0 radical (unpaired) electrons. The first-order chi connectivity index (χ1) is 15.5. The first-order valence-electron chi connectivity index (χ1n) is 10.3. The Morgan fingerprint density at radius 3 is 2.34 bits per heavy atom. The number of rotatable bonds is 4. The van der Waals surface area contributed by atoms with Gasteiger partial charge in [0.1, 0.15) is 0 Å². The Labute approximate surface area is 184 Å². The van der Waals surface area contributed by atoms with Crippen LogP contribution in [0.1, 0.15) is 11.1 Å². The molecule has 8 nitrogen and oxygen atoms in total. The predicted molar refractivity (Wildman–Crippen MR) is 126 cm³/mol. The number of benzene rings is 2. The first-order valence-corrected chi connectivity index (χ1v) is 10.3. The summed E-state index contributed by atoms with van der Waals surface area (Å²) in [5.74, 6) is 0.538. The molecule has 0 amide bonds. The fourth-order valence-corrected chi connectivity index (χ4v) is 3.91. The van der Waals surface area contributed by atoms with Gasteiger partial charge in [-0.25, -0.2) is 9.80 Å². The minimum absolute atomic E-state index is 0.356. The van der Waals surface area contributed by atoms with E-state index in [0.29, 0.717) is 30.2 Å². The van der Waals surface area contributed by atoms with Crippen molar-refractivity contribution in [3.63, 3.8) is 0 Å². The van der Waals surface area contributed by atoms with Gasteiger partial charge in [-0.05, 0) is 11.1 Å². The van der Waals surface area contributed by atoms with Crippen LogP contribution in [0.15, 0.2) is 81.4 Å². The molecular weight excluding hydrogens is 404 g/mol. The Kier molecular flexibility index (Phi) is 4.82.